The molecule has 0 fully saturated rings. The lowest BCUT2D eigenvalue weighted by molar-refractivity contribution is 0.172. The highest BCUT2D eigenvalue weighted by molar-refractivity contribution is 5.24. The lowest BCUT2D eigenvalue weighted by Gasteiger charge is -2.16. The Morgan fingerprint density at radius 1 is 1.26 bits per heavy atom. The van der Waals surface area contributed by atoms with Crippen molar-refractivity contribution in [2.45, 2.75) is 45.8 Å². The van der Waals surface area contributed by atoms with Gasteiger partial charge in [0.25, 0.3) is 0 Å². The molecule has 0 aromatic heterocycles. The fraction of sp³-hybridized carbons (Fsp3) is 0.529. The maximum absolute atomic E-state index is 10.1. The molecule has 0 amide bonds. The number of terminal acetylenes is 1. The molecule has 0 aliphatic carbocycles. The molecular formula is C17H25NO. The van der Waals surface area contributed by atoms with Crippen molar-refractivity contribution in [1.82, 2.24) is 5.32 Å². The molecule has 0 aliphatic rings. The van der Waals surface area contributed by atoms with Gasteiger partial charge in [-0.05, 0) is 29.9 Å². The van der Waals surface area contributed by atoms with E-state index in [2.05, 4.69) is 37.2 Å². The Morgan fingerprint density at radius 3 is 2.37 bits per heavy atom. The van der Waals surface area contributed by atoms with Crippen LogP contribution in [0.25, 0.3) is 0 Å². The molecule has 104 valence electrons. The highest BCUT2D eigenvalue weighted by Gasteiger charge is 2.09. The van der Waals surface area contributed by atoms with Crippen LogP contribution in [-0.2, 0) is 6.42 Å². The minimum absolute atomic E-state index is 0.0369. The number of nitrogens with one attached hydrogen (secondary N) is 1. The van der Waals surface area contributed by atoms with Crippen LogP contribution >= 0.6 is 0 Å². The van der Waals surface area contributed by atoms with Crippen LogP contribution in [0, 0.1) is 18.3 Å². The molecule has 2 nitrogen and oxygen atoms in total. The zero-order chi connectivity index (χ0) is 14.3. The Hall–Kier alpha value is -1.30. The zero-order valence-corrected chi connectivity index (χ0v) is 12.2. The molecule has 19 heavy (non-hydrogen) atoms. The van der Waals surface area contributed by atoms with Crippen LogP contribution in [0.2, 0.25) is 0 Å². The summed E-state index contributed by atoms with van der Waals surface area (Å²) >= 11 is 0. The topological polar surface area (TPSA) is 32.3 Å². The van der Waals surface area contributed by atoms with Gasteiger partial charge in [0.15, 0.2) is 0 Å². The van der Waals surface area contributed by atoms with E-state index in [1.165, 1.54) is 5.56 Å². The predicted octanol–water partition coefficient (Wildman–Crippen LogP) is 2.92. The van der Waals surface area contributed by atoms with Gasteiger partial charge >= 0.3 is 0 Å². The first kappa shape index (κ1) is 15.8. The summed E-state index contributed by atoms with van der Waals surface area (Å²) in [7, 11) is 0. The average Bonchev–Trinajstić information content (AvgIpc) is 2.39. The molecule has 0 saturated carbocycles. The van der Waals surface area contributed by atoms with Gasteiger partial charge in [-0.25, -0.2) is 0 Å². The molecule has 1 aromatic rings. The minimum Gasteiger partial charge on any atom is -0.387 e. The van der Waals surface area contributed by atoms with Gasteiger partial charge in [-0.1, -0.05) is 51.0 Å². The fourth-order valence-electron chi connectivity index (χ4n) is 2.04. The number of benzene rings is 1. The molecule has 2 unspecified atom stereocenters. The summed E-state index contributed by atoms with van der Waals surface area (Å²) in [6.45, 7) is 6.94. The van der Waals surface area contributed by atoms with Gasteiger partial charge in [0.1, 0.15) is 0 Å². The number of aliphatic hydroxyl groups excluding tert-OH is 1. The Bertz CT molecular complexity index is 402. The van der Waals surface area contributed by atoms with E-state index < -0.39 is 6.10 Å². The van der Waals surface area contributed by atoms with Crippen molar-refractivity contribution in [3.8, 4) is 12.3 Å². The van der Waals surface area contributed by atoms with Crippen molar-refractivity contribution in [3.63, 3.8) is 0 Å². The smallest absolute Gasteiger partial charge is 0.0914 e. The Kier molecular flexibility index (Phi) is 6.62. The van der Waals surface area contributed by atoms with Gasteiger partial charge < -0.3 is 10.4 Å². The second-order valence-electron chi connectivity index (χ2n) is 5.39. The molecule has 1 rings (SSSR count). The maximum Gasteiger partial charge on any atom is 0.0914 e. The van der Waals surface area contributed by atoms with Gasteiger partial charge in [0.2, 0.25) is 0 Å². The Balaban J connectivity index is 2.53. The van der Waals surface area contributed by atoms with Crippen molar-refractivity contribution >= 4 is 0 Å². The van der Waals surface area contributed by atoms with Gasteiger partial charge in [-0.15, -0.1) is 6.42 Å². The summed E-state index contributed by atoms with van der Waals surface area (Å²) in [5, 5.41) is 13.3. The molecule has 0 spiro atoms. The van der Waals surface area contributed by atoms with Crippen LogP contribution in [0.15, 0.2) is 24.3 Å². The SMILES string of the molecule is C#CC(CC)NCC(O)c1ccc(CC(C)C)cc1. The largest absolute Gasteiger partial charge is 0.387 e. The molecule has 1 aromatic carbocycles. The Morgan fingerprint density at radius 2 is 1.89 bits per heavy atom. The monoisotopic (exact) mass is 259 g/mol. The first-order valence-corrected chi connectivity index (χ1v) is 7.03. The van der Waals surface area contributed by atoms with Crippen LogP contribution in [0.3, 0.4) is 0 Å². The third-order valence-corrected chi connectivity index (χ3v) is 3.18. The highest BCUT2D eigenvalue weighted by Crippen LogP contribution is 2.15. The van der Waals surface area contributed by atoms with E-state index in [4.69, 9.17) is 6.42 Å². The molecule has 2 heteroatoms. The van der Waals surface area contributed by atoms with E-state index >= 15 is 0 Å². The summed E-state index contributed by atoms with van der Waals surface area (Å²) in [5.74, 6) is 3.32. The van der Waals surface area contributed by atoms with Crippen molar-refractivity contribution in [1.29, 1.82) is 0 Å². The summed E-state index contributed by atoms with van der Waals surface area (Å²) in [6, 6.07) is 8.23. The standard InChI is InChI=1S/C17H25NO/c1-5-16(6-2)18-12-17(19)15-9-7-14(8-10-15)11-13(3)4/h1,7-10,13,16-19H,6,11-12H2,2-4H3. The van der Waals surface area contributed by atoms with Crippen LogP contribution in [0.5, 0.6) is 0 Å². The molecule has 2 N–H and O–H groups in total. The first-order valence-electron chi connectivity index (χ1n) is 7.03. The van der Waals surface area contributed by atoms with E-state index in [0.717, 1.165) is 18.4 Å². The van der Waals surface area contributed by atoms with E-state index in [-0.39, 0.29) is 6.04 Å². The minimum atomic E-state index is -0.504. The second-order valence-corrected chi connectivity index (χ2v) is 5.39. The fourth-order valence-corrected chi connectivity index (χ4v) is 2.04. The van der Waals surface area contributed by atoms with Gasteiger partial charge in [-0.2, -0.15) is 0 Å². The van der Waals surface area contributed by atoms with E-state index in [9.17, 15) is 5.11 Å². The van der Waals surface area contributed by atoms with E-state index in [1.54, 1.807) is 0 Å². The average molecular weight is 259 g/mol. The normalized spacial score (nSPS) is 14.1. The van der Waals surface area contributed by atoms with Gasteiger partial charge in [0, 0.05) is 6.54 Å². The molecule has 0 aliphatic heterocycles. The third-order valence-electron chi connectivity index (χ3n) is 3.18. The van der Waals surface area contributed by atoms with Crippen LogP contribution in [0.4, 0.5) is 0 Å². The van der Waals surface area contributed by atoms with Gasteiger partial charge in [-0.3, -0.25) is 0 Å². The van der Waals surface area contributed by atoms with Crippen molar-refractivity contribution < 1.29 is 5.11 Å². The summed E-state index contributed by atoms with van der Waals surface area (Å²) in [6.07, 6.45) is 6.82. The highest BCUT2D eigenvalue weighted by atomic mass is 16.3. The third kappa shape index (κ3) is 5.46. The molecule has 0 heterocycles. The molecule has 0 bridgehead atoms. The first-order chi connectivity index (χ1) is 9.06. The number of aliphatic hydroxyl groups is 1. The summed E-state index contributed by atoms with van der Waals surface area (Å²) < 4.78 is 0. The van der Waals surface area contributed by atoms with Crippen molar-refractivity contribution in [3.05, 3.63) is 35.4 Å². The number of rotatable bonds is 7. The Labute approximate surface area is 117 Å². The van der Waals surface area contributed by atoms with Crippen molar-refractivity contribution in [2.75, 3.05) is 6.54 Å². The zero-order valence-electron chi connectivity index (χ0n) is 12.2. The molecular weight excluding hydrogens is 234 g/mol. The summed E-state index contributed by atoms with van der Waals surface area (Å²) in [5.41, 5.74) is 2.25. The lowest BCUT2D eigenvalue weighted by atomic mass is 10.00. The summed E-state index contributed by atoms with van der Waals surface area (Å²) in [4.78, 5) is 0. The van der Waals surface area contributed by atoms with E-state index in [1.807, 2.05) is 19.1 Å². The van der Waals surface area contributed by atoms with Crippen molar-refractivity contribution in [2.24, 2.45) is 5.92 Å². The van der Waals surface area contributed by atoms with Crippen LogP contribution < -0.4 is 5.32 Å². The number of hydrogen-bond acceptors (Lipinski definition) is 2. The van der Waals surface area contributed by atoms with Crippen LogP contribution in [-0.4, -0.2) is 17.7 Å². The second kappa shape index (κ2) is 7.99. The van der Waals surface area contributed by atoms with Gasteiger partial charge in [0.05, 0.1) is 12.1 Å². The van der Waals surface area contributed by atoms with Crippen LogP contribution in [0.1, 0.15) is 44.4 Å². The lowest BCUT2D eigenvalue weighted by Crippen LogP contribution is -2.31. The predicted molar refractivity (Wildman–Crippen MR) is 80.9 cm³/mol. The molecule has 0 radical (unpaired) electrons. The maximum atomic E-state index is 10.1. The molecule has 2 atom stereocenters. The number of hydrogen-bond donors (Lipinski definition) is 2. The molecule has 0 saturated heterocycles. The van der Waals surface area contributed by atoms with E-state index in [0.29, 0.717) is 12.5 Å². The quantitative estimate of drug-likeness (QED) is 0.738.